The Labute approximate surface area is 169 Å². The van der Waals surface area contributed by atoms with Gasteiger partial charge in [0.25, 0.3) is 0 Å². The molecule has 0 heterocycles. The second kappa shape index (κ2) is 9.94. The van der Waals surface area contributed by atoms with Gasteiger partial charge < -0.3 is 14.2 Å². The third-order valence-electron chi connectivity index (χ3n) is 3.98. The van der Waals surface area contributed by atoms with Crippen molar-refractivity contribution >= 4 is 17.9 Å². The molecule has 0 aliphatic carbocycles. The highest BCUT2D eigenvalue weighted by atomic mass is 16.6. The van der Waals surface area contributed by atoms with E-state index in [0.29, 0.717) is 29.4 Å². The molecule has 6 heteroatoms. The first-order valence-corrected chi connectivity index (χ1v) is 9.17. The number of para-hydroxylation sites is 2. The summed E-state index contributed by atoms with van der Waals surface area (Å²) < 4.78 is 16.4. The molecule has 3 rings (SSSR count). The van der Waals surface area contributed by atoms with Gasteiger partial charge >= 0.3 is 5.97 Å². The Balaban J connectivity index is 1.76. The van der Waals surface area contributed by atoms with Crippen LogP contribution in [0.2, 0.25) is 0 Å². The van der Waals surface area contributed by atoms with Gasteiger partial charge in [-0.25, -0.2) is 4.79 Å². The van der Waals surface area contributed by atoms with Crippen LogP contribution in [0.4, 0.5) is 5.69 Å². The smallest absolute Gasteiger partial charge is 0.347 e. The Kier molecular flexibility index (Phi) is 6.84. The number of nitrogens with zero attached hydrogens (tertiary/aromatic N) is 1. The van der Waals surface area contributed by atoms with Gasteiger partial charge in [-0.15, -0.1) is 0 Å². The van der Waals surface area contributed by atoms with E-state index >= 15 is 0 Å². The lowest BCUT2D eigenvalue weighted by Crippen LogP contribution is -2.11. The quantitative estimate of drug-likeness (QED) is 0.260. The molecule has 0 aliphatic rings. The molecule has 0 unspecified atom stereocenters. The summed E-state index contributed by atoms with van der Waals surface area (Å²) in [5, 5.41) is 4.22. The number of benzene rings is 3. The number of carbonyl (C=O) groups excluding carboxylic acids is 1. The highest BCUT2D eigenvalue weighted by molar-refractivity contribution is 5.94. The minimum absolute atomic E-state index is 0.330. The average Bonchev–Trinajstić information content (AvgIpc) is 2.76. The van der Waals surface area contributed by atoms with Crippen molar-refractivity contribution in [3.63, 3.8) is 0 Å². The molecule has 0 fully saturated rings. The van der Waals surface area contributed by atoms with Gasteiger partial charge in [0.05, 0.1) is 25.6 Å². The molecule has 0 bridgehead atoms. The minimum Gasteiger partial charge on any atom is -0.496 e. The normalized spacial score (nSPS) is 10.6. The number of hydrogen-bond acceptors (Lipinski definition) is 6. The van der Waals surface area contributed by atoms with E-state index in [4.69, 9.17) is 14.2 Å². The van der Waals surface area contributed by atoms with E-state index in [2.05, 4.69) is 10.5 Å². The van der Waals surface area contributed by atoms with Gasteiger partial charge in [-0.2, -0.15) is 5.10 Å². The number of rotatable bonds is 8. The van der Waals surface area contributed by atoms with Crippen molar-refractivity contribution in [2.24, 2.45) is 5.10 Å². The maximum absolute atomic E-state index is 12.6. The van der Waals surface area contributed by atoms with Crippen LogP contribution in [0.3, 0.4) is 0 Å². The Morgan fingerprint density at radius 2 is 1.72 bits per heavy atom. The molecule has 148 valence electrons. The van der Waals surface area contributed by atoms with Crippen LogP contribution < -0.4 is 19.6 Å². The fourth-order valence-corrected chi connectivity index (χ4v) is 2.62. The summed E-state index contributed by atoms with van der Waals surface area (Å²) in [4.78, 5) is 12.6. The number of esters is 1. The molecule has 3 aromatic carbocycles. The lowest BCUT2D eigenvalue weighted by molar-refractivity contribution is 0.0725. The van der Waals surface area contributed by atoms with Gasteiger partial charge in [-0.3, -0.25) is 5.43 Å². The van der Waals surface area contributed by atoms with Gasteiger partial charge in [0.1, 0.15) is 11.3 Å². The zero-order valence-electron chi connectivity index (χ0n) is 16.3. The summed E-state index contributed by atoms with van der Waals surface area (Å²) in [6, 6.07) is 21.8. The second-order valence-corrected chi connectivity index (χ2v) is 5.97. The van der Waals surface area contributed by atoms with Crippen LogP contribution in [0.15, 0.2) is 77.9 Å². The van der Waals surface area contributed by atoms with Gasteiger partial charge in [0.15, 0.2) is 11.5 Å². The summed E-state index contributed by atoms with van der Waals surface area (Å²) in [6.07, 6.45) is 1.67. The van der Waals surface area contributed by atoms with Crippen molar-refractivity contribution in [2.45, 2.75) is 6.92 Å². The van der Waals surface area contributed by atoms with E-state index in [9.17, 15) is 4.79 Å². The molecule has 0 aromatic heterocycles. The van der Waals surface area contributed by atoms with E-state index in [0.717, 1.165) is 11.3 Å². The average molecular weight is 390 g/mol. The number of methoxy groups -OCH3 is 1. The second-order valence-electron chi connectivity index (χ2n) is 5.97. The number of hydrogen-bond donors (Lipinski definition) is 1. The highest BCUT2D eigenvalue weighted by Gasteiger charge is 2.16. The zero-order chi connectivity index (χ0) is 20.5. The maximum Gasteiger partial charge on any atom is 0.347 e. The third-order valence-corrected chi connectivity index (χ3v) is 3.98. The Bertz CT molecular complexity index is 987. The maximum atomic E-state index is 12.6. The molecule has 3 aromatic rings. The molecule has 29 heavy (non-hydrogen) atoms. The fourth-order valence-electron chi connectivity index (χ4n) is 2.62. The van der Waals surface area contributed by atoms with Crippen LogP contribution in [-0.4, -0.2) is 25.9 Å². The molecule has 1 N–H and O–H groups in total. The van der Waals surface area contributed by atoms with Crippen LogP contribution in [0.1, 0.15) is 22.8 Å². The molecular weight excluding hydrogens is 368 g/mol. The highest BCUT2D eigenvalue weighted by Crippen LogP contribution is 2.30. The molecule has 6 nitrogen and oxygen atoms in total. The van der Waals surface area contributed by atoms with Crippen LogP contribution in [0.5, 0.6) is 17.2 Å². The third kappa shape index (κ3) is 5.35. The molecule has 0 saturated heterocycles. The van der Waals surface area contributed by atoms with Gasteiger partial charge in [0.2, 0.25) is 0 Å². The van der Waals surface area contributed by atoms with Crippen molar-refractivity contribution in [3.05, 3.63) is 83.9 Å². The molecule has 0 spiro atoms. The van der Waals surface area contributed by atoms with Crippen molar-refractivity contribution in [2.75, 3.05) is 19.1 Å². The Morgan fingerprint density at radius 3 is 2.48 bits per heavy atom. The molecule has 0 atom stereocenters. The van der Waals surface area contributed by atoms with E-state index in [-0.39, 0.29) is 0 Å². The molecule has 0 aliphatic heterocycles. The van der Waals surface area contributed by atoms with Crippen LogP contribution in [0, 0.1) is 0 Å². The molecule has 0 saturated carbocycles. The predicted molar refractivity (Wildman–Crippen MR) is 113 cm³/mol. The fraction of sp³-hybridized carbons (Fsp3) is 0.130. The molecule has 0 radical (unpaired) electrons. The first-order valence-electron chi connectivity index (χ1n) is 9.17. The number of nitrogens with one attached hydrogen (secondary N) is 1. The zero-order valence-corrected chi connectivity index (χ0v) is 16.3. The van der Waals surface area contributed by atoms with Gasteiger partial charge in [-0.1, -0.05) is 30.3 Å². The van der Waals surface area contributed by atoms with Gasteiger partial charge in [0, 0.05) is 0 Å². The molecular formula is C23H22N2O4. The minimum atomic E-state index is -0.518. The first kappa shape index (κ1) is 19.9. The monoisotopic (exact) mass is 390 g/mol. The largest absolute Gasteiger partial charge is 0.496 e. The Hall–Kier alpha value is -3.80. The van der Waals surface area contributed by atoms with Crippen molar-refractivity contribution in [3.8, 4) is 17.2 Å². The van der Waals surface area contributed by atoms with Crippen molar-refractivity contribution in [1.29, 1.82) is 0 Å². The lowest BCUT2D eigenvalue weighted by Gasteiger charge is -2.12. The summed E-state index contributed by atoms with van der Waals surface area (Å²) in [5.74, 6) is 0.720. The number of ether oxygens (including phenoxy) is 3. The summed E-state index contributed by atoms with van der Waals surface area (Å²) in [7, 11) is 1.51. The van der Waals surface area contributed by atoms with E-state index in [1.54, 1.807) is 48.7 Å². The summed E-state index contributed by atoms with van der Waals surface area (Å²) in [5.41, 5.74) is 4.98. The van der Waals surface area contributed by atoms with Gasteiger partial charge in [-0.05, 0) is 55.0 Å². The van der Waals surface area contributed by atoms with Crippen LogP contribution >= 0.6 is 0 Å². The SMILES string of the molecule is CCOc1cc(C=NNc2ccccc2)ccc1OC(=O)c1ccccc1OC. The number of hydrazone groups is 1. The molecule has 0 amide bonds. The van der Waals surface area contributed by atoms with E-state index in [1.807, 2.05) is 37.3 Å². The van der Waals surface area contributed by atoms with Crippen molar-refractivity contribution in [1.82, 2.24) is 0 Å². The number of carbonyl (C=O) groups is 1. The Morgan fingerprint density at radius 1 is 0.966 bits per heavy atom. The van der Waals surface area contributed by atoms with E-state index in [1.165, 1.54) is 7.11 Å². The summed E-state index contributed by atoms with van der Waals surface area (Å²) >= 11 is 0. The van der Waals surface area contributed by atoms with Crippen molar-refractivity contribution < 1.29 is 19.0 Å². The topological polar surface area (TPSA) is 69.1 Å². The summed E-state index contributed by atoms with van der Waals surface area (Å²) in [6.45, 7) is 2.30. The first-order chi connectivity index (χ1) is 14.2. The standard InChI is InChI=1S/C23H22N2O4/c1-3-28-22-15-17(16-24-25-18-9-5-4-6-10-18)13-14-21(22)29-23(26)19-11-7-8-12-20(19)27-2/h4-16,25H,3H2,1-2H3. The lowest BCUT2D eigenvalue weighted by atomic mass is 10.2. The predicted octanol–water partition coefficient (Wildman–Crippen LogP) is 4.76. The number of anilines is 1. The van der Waals surface area contributed by atoms with Crippen LogP contribution in [-0.2, 0) is 0 Å². The van der Waals surface area contributed by atoms with E-state index < -0.39 is 5.97 Å². The van der Waals surface area contributed by atoms with Crippen LogP contribution in [0.25, 0.3) is 0 Å².